The van der Waals surface area contributed by atoms with E-state index in [-0.39, 0.29) is 25.0 Å². The first-order valence-corrected chi connectivity index (χ1v) is 8.03. The summed E-state index contributed by atoms with van der Waals surface area (Å²) in [5.74, 6) is -1.72. The van der Waals surface area contributed by atoms with Crippen LogP contribution in [0.25, 0.3) is 0 Å². The van der Waals surface area contributed by atoms with Crippen LogP contribution in [0.4, 0.5) is 0 Å². The van der Waals surface area contributed by atoms with Gasteiger partial charge in [-0.05, 0) is 6.42 Å². The first kappa shape index (κ1) is 18.9. The number of amides is 4. The van der Waals surface area contributed by atoms with E-state index >= 15 is 0 Å². The number of unbranched alkanes of at least 4 members (excludes halogenated alkanes) is 3. The second-order valence-electron chi connectivity index (χ2n) is 5.66. The number of nitrogens with zero attached hydrogens (tertiary/aromatic N) is 1. The number of imide groups is 1. The van der Waals surface area contributed by atoms with Crippen LogP contribution in [0.5, 0.6) is 0 Å². The van der Waals surface area contributed by atoms with E-state index in [0.29, 0.717) is 0 Å². The Morgan fingerprint density at radius 3 is 2.35 bits per heavy atom. The highest BCUT2D eigenvalue weighted by atomic mass is 16.2. The van der Waals surface area contributed by atoms with Crippen LogP contribution in [0, 0.1) is 5.92 Å². The number of rotatable bonds is 10. The SMILES string of the molecule is CCCCCCC(C)C(=O)NCNC(=O)CN1C(=O)C=CC1=O. The molecule has 0 aliphatic carbocycles. The summed E-state index contributed by atoms with van der Waals surface area (Å²) in [6.07, 6.45) is 7.53. The van der Waals surface area contributed by atoms with Crippen LogP contribution in [0.2, 0.25) is 0 Å². The summed E-state index contributed by atoms with van der Waals surface area (Å²) in [6.45, 7) is 3.64. The standard InChI is InChI=1S/C16H25N3O4/c1-3-4-5-6-7-12(2)16(23)18-11-17-13(20)10-19-14(21)8-9-15(19)22/h8-9,12H,3-7,10-11H2,1-2H3,(H,17,20)(H,18,23). The molecule has 1 rings (SSSR count). The molecule has 0 spiro atoms. The Morgan fingerprint density at radius 2 is 1.74 bits per heavy atom. The molecule has 7 heteroatoms. The van der Waals surface area contributed by atoms with E-state index < -0.39 is 17.7 Å². The summed E-state index contributed by atoms with van der Waals surface area (Å²) in [7, 11) is 0. The molecule has 128 valence electrons. The van der Waals surface area contributed by atoms with Gasteiger partial charge in [-0.3, -0.25) is 24.1 Å². The summed E-state index contributed by atoms with van der Waals surface area (Å²) < 4.78 is 0. The van der Waals surface area contributed by atoms with Gasteiger partial charge in [0.15, 0.2) is 0 Å². The zero-order valence-corrected chi connectivity index (χ0v) is 13.8. The van der Waals surface area contributed by atoms with Crippen molar-refractivity contribution < 1.29 is 19.2 Å². The van der Waals surface area contributed by atoms with Crippen molar-refractivity contribution in [1.82, 2.24) is 15.5 Å². The molecule has 0 aromatic heterocycles. The minimum atomic E-state index is -0.505. The number of hydrogen-bond acceptors (Lipinski definition) is 4. The van der Waals surface area contributed by atoms with Crippen LogP contribution < -0.4 is 10.6 Å². The third-order valence-electron chi connectivity index (χ3n) is 3.69. The fourth-order valence-corrected chi connectivity index (χ4v) is 2.20. The Morgan fingerprint density at radius 1 is 1.09 bits per heavy atom. The predicted molar refractivity (Wildman–Crippen MR) is 84.9 cm³/mol. The highest BCUT2D eigenvalue weighted by Crippen LogP contribution is 2.10. The van der Waals surface area contributed by atoms with Gasteiger partial charge in [-0.15, -0.1) is 0 Å². The second kappa shape index (κ2) is 9.76. The lowest BCUT2D eigenvalue weighted by atomic mass is 10.0. The van der Waals surface area contributed by atoms with Gasteiger partial charge >= 0.3 is 0 Å². The van der Waals surface area contributed by atoms with Gasteiger partial charge in [0.25, 0.3) is 11.8 Å². The quantitative estimate of drug-likeness (QED) is 0.351. The van der Waals surface area contributed by atoms with Crippen LogP contribution >= 0.6 is 0 Å². The molecule has 1 unspecified atom stereocenters. The van der Waals surface area contributed by atoms with E-state index in [2.05, 4.69) is 17.6 Å². The van der Waals surface area contributed by atoms with E-state index in [1.54, 1.807) is 0 Å². The second-order valence-corrected chi connectivity index (χ2v) is 5.66. The maximum Gasteiger partial charge on any atom is 0.254 e. The molecule has 1 atom stereocenters. The molecule has 0 saturated carbocycles. The number of carbonyl (C=O) groups is 4. The highest BCUT2D eigenvalue weighted by molar-refractivity contribution is 6.14. The van der Waals surface area contributed by atoms with Crippen LogP contribution in [-0.4, -0.2) is 41.7 Å². The Kier molecular flexibility index (Phi) is 8.01. The number of hydrogen-bond donors (Lipinski definition) is 2. The summed E-state index contributed by atoms with van der Waals surface area (Å²) in [6, 6.07) is 0. The van der Waals surface area contributed by atoms with Gasteiger partial charge < -0.3 is 10.6 Å². The molecule has 0 aromatic carbocycles. The molecule has 23 heavy (non-hydrogen) atoms. The first-order chi connectivity index (χ1) is 11.0. The fraction of sp³-hybridized carbons (Fsp3) is 0.625. The van der Waals surface area contributed by atoms with E-state index in [1.165, 1.54) is 6.42 Å². The van der Waals surface area contributed by atoms with Crippen molar-refractivity contribution in [3.8, 4) is 0 Å². The molecule has 1 heterocycles. The highest BCUT2D eigenvalue weighted by Gasteiger charge is 2.25. The van der Waals surface area contributed by atoms with Crippen LogP contribution in [0.3, 0.4) is 0 Å². The summed E-state index contributed by atoms with van der Waals surface area (Å²) in [5, 5.41) is 5.09. The van der Waals surface area contributed by atoms with E-state index in [0.717, 1.165) is 42.7 Å². The molecule has 0 bridgehead atoms. The summed E-state index contributed by atoms with van der Waals surface area (Å²) in [4.78, 5) is 46.9. The van der Waals surface area contributed by atoms with Crippen molar-refractivity contribution >= 4 is 23.6 Å². The molecule has 7 nitrogen and oxygen atoms in total. The van der Waals surface area contributed by atoms with Gasteiger partial charge in [0.2, 0.25) is 11.8 Å². The monoisotopic (exact) mass is 323 g/mol. The topological polar surface area (TPSA) is 95.6 Å². The summed E-state index contributed by atoms with van der Waals surface area (Å²) >= 11 is 0. The lowest BCUT2D eigenvalue weighted by Gasteiger charge is -2.15. The molecule has 1 aliphatic rings. The molecular weight excluding hydrogens is 298 g/mol. The van der Waals surface area contributed by atoms with Crippen molar-refractivity contribution in [2.24, 2.45) is 5.92 Å². The maximum atomic E-state index is 11.8. The molecule has 0 saturated heterocycles. The first-order valence-electron chi connectivity index (χ1n) is 8.03. The smallest absolute Gasteiger partial charge is 0.254 e. The molecule has 4 amide bonds. The van der Waals surface area contributed by atoms with Gasteiger partial charge in [0.1, 0.15) is 6.54 Å². The number of nitrogens with one attached hydrogen (secondary N) is 2. The Bertz CT molecular complexity index is 470. The molecule has 0 fully saturated rings. The van der Waals surface area contributed by atoms with Crippen LogP contribution in [0.1, 0.15) is 46.0 Å². The third kappa shape index (κ3) is 6.63. The van der Waals surface area contributed by atoms with Gasteiger partial charge in [-0.1, -0.05) is 39.5 Å². The molecule has 0 radical (unpaired) electrons. The lowest BCUT2D eigenvalue weighted by Crippen LogP contribution is -2.45. The maximum absolute atomic E-state index is 11.8. The van der Waals surface area contributed by atoms with Gasteiger partial charge in [-0.2, -0.15) is 0 Å². The fourth-order valence-electron chi connectivity index (χ4n) is 2.20. The Hall–Kier alpha value is -2.18. The Balaban J connectivity index is 2.17. The normalized spacial score (nSPS) is 15.0. The largest absolute Gasteiger partial charge is 0.338 e. The van der Waals surface area contributed by atoms with E-state index in [4.69, 9.17) is 0 Å². The molecule has 0 aromatic rings. The molecule has 2 N–H and O–H groups in total. The van der Waals surface area contributed by atoms with Crippen LogP contribution in [0.15, 0.2) is 12.2 Å². The third-order valence-corrected chi connectivity index (χ3v) is 3.69. The summed E-state index contributed by atoms with van der Waals surface area (Å²) in [5.41, 5.74) is 0. The average molecular weight is 323 g/mol. The minimum absolute atomic E-state index is 0.0133. The molecular formula is C16H25N3O4. The number of carbonyl (C=O) groups excluding carboxylic acids is 4. The van der Waals surface area contributed by atoms with E-state index in [9.17, 15) is 19.2 Å². The zero-order valence-electron chi connectivity index (χ0n) is 13.8. The van der Waals surface area contributed by atoms with Gasteiger partial charge in [0, 0.05) is 18.1 Å². The van der Waals surface area contributed by atoms with Crippen molar-refractivity contribution in [3.63, 3.8) is 0 Å². The van der Waals surface area contributed by atoms with Gasteiger partial charge in [-0.25, -0.2) is 0 Å². The average Bonchev–Trinajstić information content (AvgIpc) is 2.83. The Labute approximate surface area is 136 Å². The van der Waals surface area contributed by atoms with Crippen molar-refractivity contribution in [2.75, 3.05) is 13.2 Å². The minimum Gasteiger partial charge on any atom is -0.338 e. The van der Waals surface area contributed by atoms with Crippen LogP contribution in [-0.2, 0) is 19.2 Å². The van der Waals surface area contributed by atoms with Crippen molar-refractivity contribution in [1.29, 1.82) is 0 Å². The molecule has 1 aliphatic heterocycles. The van der Waals surface area contributed by atoms with E-state index in [1.807, 2.05) is 6.92 Å². The lowest BCUT2D eigenvalue weighted by molar-refractivity contribution is -0.141. The zero-order chi connectivity index (χ0) is 17.2. The van der Waals surface area contributed by atoms with Gasteiger partial charge in [0.05, 0.1) is 6.67 Å². The van der Waals surface area contributed by atoms with Crippen molar-refractivity contribution in [3.05, 3.63) is 12.2 Å². The van der Waals surface area contributed by atoms with Crippen molar-refractivity contribution in [2.45, 2.75) is 46.0 Å². The predicted octanol–water partition coefficient (Wildman–Crippen LogP) is 0.708.